The van der Waals surface area contributed by atoms with E-state index >= 15 is 0 Å². The van der Waals surface area contributed by atoms with Gasteiger partial charge in [-0.2, -0.15) is 4.98 Å². The number of thiazole rings is 1. The van der Waals surface area contributed by atoms with E-state index in [0.29, 0.717) is 11.1 Å². The molecule has 0 saturated carbocycles. The molecule has 2 rings (SSSR count). The average molecular weight is 257 g/mol. The molecule has 0 fully saturated rings. The lowest BCUT2D eigenvalue weighted by Crippen LogP contribution is -1.84. The van der Waals surface area contributed by atoms with Gasteiger partial charge < -0.3 is 4.74 Å². The van der Waals surface area contributed by atoms with Crippen molar-refractivity contribution in [2.75, 3.05) is 0 Å². The van der Waals surface area contributed by atoms with Gasteiger partial charge in [0, 0.05) is 17.6 Å². The zero-order valence-corrected chi connectivity index (χ0v) is 8.88. The van der Waals surface area contributed by atoms with E-state index < -0.39 is 0 Å². The first-order valence-corrected chi connectivity index (χ1v) is 5.22. The molecule has 66 valence electrons. The predicted molar refractivity (Wildman–Crippen MR) is 54.1 cm³/mol. The van der Waals surface area contributed by atoms with Gasteiger partial charge in [0.25, 0.3) is 5.19 Å². The van der Waals surface area contributed by atoms with Crippen molar-refractivity contribution in [2.45, 2.75) is 0 Å². The van der Waals surface area contributed by atoms with Crippen molar-refractivity contribution in [3.8, 4) is 11.1 Å². The number of halogens is 1. The number of aromatic nitrogens is 2. The summed E-state index contributed by atoms with van der Waals surface area (Å²) in [6.07, 6.45) is 1.68. The van der Waals surface area contributed by atoms with E-state index in [2.05, 4.69) is 25.9 Å². The van der Waals surface area contributed by atoms with Crippen molar-refractivity contribution in [2.24, 2.45) is 0 Å². The third-order valence-electron chi connectivity index (χ3n) is 1.28. The van der Waals surface area contributed by atoms with Crippen LogP contribution in [0.5, 0.6) is 11.1 Å². The Labute approximate surface area is 87.5 Å². The SMILES string of the molecule is Brc1csc(Oc2ccccn2)n1. The minimum absolute atomic E-state index is 0.560. The van der Waals surface area contributed by atoms with Crippen LogP contribution in [0.4, 0.5) is 0 Å². The molecule has 2 heterocycles. The van der Waals surface area contributed by atoms with Crippen LogP contribution in [-0.2, 0) is 0 Å². The minimum atomic E-state index is 0.560. The molecule has 5 heteroatoms. The fraction of sp³-hybridized carbons (Fsp3) is 0. The van der Waals surface area contributed by atoms with Crippen molar-refractivity contribution < 1.29 is 4.74 Å². The van der Waals surface area contributed by atoms with E-state index in [0.717, 1.165) is 4.60 Å². The molecule has 2 aromatic heterocycles. The molecule has 2 aromatic rings. The Morgan fingerprint density at radius 3 is 2.92 bits per heavy atom. The zero-order valence-electron chi connectivity index (χ0n) is 6.48. The highest BCUT2D eigenvalue weighted by atomic mass is 79.9. The van der Waals surface area contributed by atoms with Gasteiger partial charge in [0.2, 0.25) is 5.88 Å². The lowest BCUT2D eigenvalue weighted by molar-refractivity contribution is 0.459. The fourth-order valence-electron chi connectivity index (χ4n) is 0.783. The molecule has 0 aromatic carbocycles. The fourth-order valence-corrected chi connectivity index (χ4v) is 1.88. The normalized spacial score (nSPS) is 9.92. The molecule has 0 saturated heterocycles. The monoisotopic (exact) mass is 256 g/mol. The molecule has 0 aliphatic carbocycles. The van der Waals surface area contributed by atoms with Gasteiger partial charge in [0.05, 0.1) is 0 Å². The Bertz CT molecular complexity index is 390. The molecule has 0 N–H and O–H groups in total. The second-order valence-electron chi connectivity index (χ2n) is 2.21. The number of nitrogens with zero attached hydrogens (tertiary/aromatic N) is 2. The first kappa shape index (κ1) is 8.65. The van der Waals surface area contributed by atoms with E-state index in [4.69, 9.17) is 4.74 Å². The second kappa shape index (κ2) is 3.85. The summed E-state index contributed by atoms with van der Waals surface area (Å²) in [6.45, 7) is 0. The van der Waals surface area contributed by atoms with Gasteiger partial charge >= 0.3 is 0 Å². The van der Waals surface area contributed by atoms with Crippen LogP contribution in [-0.4, -0.2) is 9.97 Å². The summed E-state index contributed by atoms with van der Waals surface area (Å²) >= 11 is 4.67. The van der Waals surface area contributed by atoms with E-state index in [1.807, 2.05) is 17.5 Å². The standard InChI is InChI=1S/C8H5BrN2OS/c9-6-5-13-8(11-6)12-7-3-1-2-4-10-7/h1-5H. The van der Waals surface area contributed by atoms with Crippen molar-refractivity contribution in [3.63, 3.8) is 0 Å². The van der Waals surface area contributed by atoms with E-state index in [1.165, 1.54) is 11.3 Å². The molecule has 0 unspecified atom stereocenters. The van der Waals surface area contributed by atoms with E-state index in [-0.39, 0.29) is 0 Å². The maximum absolute atomic E-state index is 5.37. The van der Waals surface area contributed by atoms with Crippen LogP contribution in [0.15, 0.2) is 34.4 Å². The van der Waals surface area contributed by atoms with E-state index in [1.54, 1.807) is 12.3 Å². The Balaban J connectivity index is 2.15. The Kier molecular flexibility index (Phi) is 2.56. The molecule has 3 nitrogen and oxygen atoms in total. The van der Waals surface area contributed by atoms with Gasteiger partial charge in [-0.3, -0.25) is 0 Å². The Morgan fingerprint density at radius 2 is 2.31 bits per heavy atom. The van der Waals surface area contributed by atoms with Crippen molar-refractivity contribution in [1.29, 1.82) is 0 Å². The molecule has 0 bridgehead atoms. The van der Waals surface area contributed by atoms with Gasteiger partial charge in [-0.25, -0.2) is 4.98 Å². The summed E-state index contributed by atoms with van der Waals surface area (Å²) in [4.78, 5) is 8.09. The lowest BCUT2D eigenvalue weighted by atomic mass is 10.5. The highest BCUT2D eigenvalue weighted by Crippen LogP contribution is 2.25. The van der Waals surface area contributed by atoms with Gasteiger partial charge in [-0.1, -0.05) is 17.4 Å². The summed E-state index contributed by atoms with van der Waals surface area (Å²) in [5, 5.41) is 2.45. The second-order valence-corrected chi connectivity index (χ2v) is 3.84. The van der Waals surface area contributed by atoms with Crippen molar-refractivity contribution >= 4 is 27.3 Å². The van der Waals surface area contributed by atoms with Crippen LogP contribution in [0.3, 0.4) is 0 Å². The minimum Gasteiger partial charge on any atom is -0.412 e. The maximum Gasteiger partial charge on any atom is 0.281 e. The molecule has 0 aliphatic heterocycles. The van der Waals surface area contributed by atoms with Crippen molar-refractivity contribution in [3.05, 3.63) is 34.4 Å². The van der Waals surface area contributed by atoms with Gasteiger partial charge in [-0.15, -0.1) is 0 Å². The molecule has 0 atom stereocenters. The maximum atomic E-state index is 5.37. The smallest absolute Gasteiger partial charge is 0.281 e. The highest BCUT2D eigenvalue weighted by Gasteiger charge is 2.01. The van der Waals surface area contributed by atoms with Gasteiger partial charge in [0.1, 0.15) is 4.60 Å². The zero-order chi connectivity index (χ0) is 9.10. The van der Waals surface area contributed by atoms with Crippen LogP contribution in [0.2, 0.25) is 0 Å². The lowest BCUT2D eigenvalue weighted by Gasteiger charge is -1.97. The third-order valence-corrected chi connectivity index (χ3v) is 2.71. The molecular formula is C8H5BrN2OS. The number of pyridine rings is 1. The highest BCUT2D eigenvalue weighted by molar-refractivity contribution is 9.10. The topological polar surface area (TPSA) is 35.0 Å². The summed E-state index contributed by atoms with van der Waals surface area (Å²) in [7, 11) is 0. The molecule has 0 amide bonds. The molecular weight excluding hydrogens is 252 g/mol. The Morgan fingerprint density at radius 1 is 1.38 bits per heavy atom. The number of hydrogen-bond donors (Lipinski definition) is 0. The van der Waals surface area contributed by atoms with Crippen molar-refractivity contribution in [1.82, 2.24) is 9.97 Å². The molecule has 0 radical (unpaired) electrons. The molecule has 0 spiro atoms. The quantitative estimate of drug-likeness (QED) is 0.829. The van der Waals surface area contributed by atoms with Crippen LogP contribution in [0, 0.1) is 0 Å². The van der Waals surface area contributed by atoms with Gasteiger partial charge in [0.15, 0.2) is 0 Å². The van der Waals surface area contributed by atoms with E-state index in [9.17, 15) is 0 Å². The summed E-state index contributed by atoms with van der Waals surface area (Å²) in [6, 6.07) is 5.49. The molecule has 13 heavy (non-hydrogen) atoms. The van der Waals surface area contributed by atoms with Crippen LogP contribution >= 0.6 is 27.3 Å². The first-order chi connectivity index (χ1) is 6.34. The third kappa shape index (κ3) is 2.26. The number of hydrogen-bond acceptors (Lipinski definition) is 4. The Hall–Kier alpha value is -0.940. The number of ether oxygens (including phenoxy) is 1. The molecule has 0 aliphatic rings. The largest absolute Gasteiger partial charge is 0.412 e. The summed E-state index contributed by atoms with van der Waals surface area (Å²) in [5.41, 5.74) is 0. The van der Waals surface area contributed by atoms with Crippen LogP contribution in [0.1, 0.15) is 0 Å². The van der Waals surface area contributed by atoms with Crippen LogP contribution in [0.25, 0.3) is 0 Å². The number of rotatable bonds is 2. The van der Waals surface area contributed by atoms with Gasteiger partial charge in [-0.05, 0) is 22.0 Å². The predicted octanol–water partition coefficient (Wildman–Crippen LogP) is 3.09. The first-order valence-electron chi connectivity index (χ1n) is 3.54. The van der Waals surface area contributed by atoms with Crippen LogP contribution < -0.4 is 4.74 Å². The summed E-state index contributed by atoms with van der Waals surface area (Å²) in [5.74, 6) is 0.560. The summed E-state index contributed by atoms with van der Waals surface area (Å²) < 4.78 is 6.15. The average Bonchev–Trinajstić information content (AvgIpc) is 2.53.